The standard InChI is InChI=1S/C25H35NO2/c1-5-7-9-11-21-14-16-24(22(18-21)12-10-8-6-2)28-25(27)26-23-15-13-19(3)17-20(23)4/h13-18H,5-12H2,1-4H3,(H,26,27). The molecule has 0 bridgehead atoms. The summed E-state index contributed by atoms with van der Waals surface area (Å²) in [6.07, 6.45) is 8.77. The summed E-state index contributed by atoms with van der Waals surface area (Å²) in [5, 5.41) is 2.88. The van der Waals surface area contributed by atoms with Crippen molar-refractivity contribution in [3.8, 4) is 5.75 Å². The van der Waals surface area contributed by atoms with Crippen molar-refractivity contribution in [1.82, 2.24) is 0 Å². The van der Waals surface area contributed by atoms with Crippen LogP contribution in [0.3, 0.4) is 0 Å². The molecule has 0 atom stereocenters. The van der Waals surface area contributed by atoms with Gasteiger partial charge in [-0.25, -0.2) is 4.79 Å². The van der Waals surface area contributed by atoms with E-state index < -0.39 is 6.09 Å². The smallest absolute Gasteiger partial charge is 0.410 e. The Kier molecular flexibility index (Phi) is 9.06. The SMILES string of the molecule is CCCCCc1ccc(OC(=O)Nc2ccc(C)cc2C)c(CCCCC)c1. The predicted molar refractivity (Wildman–Crippen MR) is 118 cm³/mol. The zero-order chi connectivity index (χ0) is 20.4. The largest absolute Gasteiger partial charge is 0.417 e. The Hall–Kier alpha value is -2.29. The van der Waals surface area contributed by atoms with Gasteiger partial charge in [-0.2, -0.15) is 0 Å². The van der Waals surface area contributed by atoms with Crippen LogP contribution in [0.15, 0.2) is 36.4 Å². The first-order chi connectivity index (χ1) is 13.5. The number of hydrogen-bond donors (Lipinski definition) is 1. The fourth-order valence-electron chi connectivity index (χ4n) is 3.42. The Labute approximate surface area is 170 Å². The molecule has 0 unspecified atom stereocenters. The molecule has 0 saturated carbocycles. The van der Waals surface area contributed by atoms with Gasteiger partial charge in [0.2, 0.25) is 0 Å². The highest BCUT2D eigenvalue weighted by Gasteiger charge is 2.12. The van der Waals surface area contributed by atoms with E-state index >= 15 is 0 Å². The van der Waals surface area contributed by atoms with Crippen LogP contribution in [0.5, 0.6) is 5.75 Å². The summed E-state index contributed by atoms with van der Waals surface area (Å²) in [6.45, 7) is 8.46. The van der Waals surface area contributed by atoms with Crippen LogP contribution in [0.4, 0.5) is 10.5 Å². The number of carbonyl (C=O) groups excluding carboxylic acids is 1. The summed E-state index contributed by atoms with van der Waals surface area (Å²) >= 11 is 0. The Bertz CT molecular complexity index is 767. The maximum atomic E-state index is 12.5. The van der Waals surface area contributed by atoms with Crippen LogP contribution in [0, 0.1) is 13.8 Å². The predicted octanol–water partition coefficient (Wildman–Crippen LogP) is 7.38. The molecule has 1 amide bonds. The summed E-state index contributed by atoms with van der Waals surface area (Å²) in [4.78, 5) is 12.5. The van der Waals surface area contributed by atoms with Gasteiger partial charge in [0.15, 0.2) is 0 Å². The van der Waals surface area contributed by atoms with Crippen LogP contribution in [0.25, 0.3) is 0 Å². The molecule has 0 fully saturated rings. The van der Waals surface area contributed by atoms with Crippen LogP contribution in [0.2, 0.25) is 0 Å². The molecule has 0 aliphatic carbocycles. The van der Waals surface area contributed by atoms with E-state index in [-0.39, 0.29) is 0 Å². The van der Waals surface area contributed by atoms with Gasteiger partial charge < -0.3 is 4.74 Å². The molecule has 0 aromatic heterocycles. The van der Waals surface area contributed by atoms with Crippen molar-refractivity contribution in [2.45, 2.75) is 79.1 Å². The topological polar surface area (TPSA) is 38.3 Å². The molecule has 0 saturated heterocycles. The summed E-state index contributed by atoms with van der Waals surface area (Å²) in [5.74, 6) is 0.678. The molecule has 2 aromatic carbocycles. The Morgan fingerprint density at radius 3 is 2.29 bits per heavy atom. The molecular formula is C25H35NO2. The van der Waals surface area contributed by atoms with Crippen molar-refractivity contribution in [2.75, 3.05) is 5.32 Å². The van der Waals surface area contributed by atoms with Gasteiger partial charge >= 0.3 is 6.09 Å². The summed E-state index contributed by atoms with van der Waals surface area (Å²) < 4.78 is 5.70. The van der Waals surface area contributed by atoms with Gasteiger partial charge in [0.25, 0.3) is 0 Å². The molecule has 0 aliphatic heterocycles. The molecule has 2 aromatic rings. The molecule has 1 N–H and O–H groups in total. The quantitative estimate of drug-likeness (QED) is 0.436. The second-order valence-electron chi connectivity index (χ2n) is 7.69. The molecule has 0 heterocycles. The lowest BCUT2D eigenvalue weighted by Crippen LogP contribution is -2.18. The van der Waals surface area contributed by atoms with E-state index in [0.29, 0.717) is 5.75 Å². The van der Waals surface area contributed by atoms with Gasteiger partial charge in [0.05, 0.1) is 0 Å². The van der Waals surface area contributed by atoms with Crippen molar-refractivity contribution in [3.05, 3.63) is 58.7 Å². The van der Waals surface area contributed by atoms with Crippen molar-refractivity contribution in [1.29, 1.82) is 0 Å². The number of anilines is 1. The van der Waals surface area contributed by atoms with Crippen LogP contribution in [-0.2, 0) is 12.8 Å². The minimum Gasteiger partial charge on any atom is -0.410 e. The monoisotopic (exact) mass is 381 g/mol. The fraction of sp³-hybridized carbons (Fsp3) is 0.480. The molecule has 28 heavy (non-hydrogen) atoms. The first-order valence-corrected chi connectivity index (χ1v) is 10.7. The van der Waals surface area contributed by atoms with E-state index in [0.717, 1.165) is 36.1 Å². The number of unbranched alkanes of at least 4 members (excludes halogenated alkanes) is 4. The van der Waals surface area contributed by atoms with Crippen LogP contribution in [-0.4, -0.2) is 6.09 Å². The number of carbonyl (C=O) groups is 1. The van der Waals surface area contributed by atoms with Crippen LogP contribution >= 0.6 is 0 Å². The van der Waals surface area contributed by atoms with Crippen molar-refractivity contribution >= 4 is 11.8 Å². The normalized spacial score (nSPS) is 10.7. The van der Waals surface area contributed by atoms with Crippen molar-refractivity contribution in [2.24, 2.45) is 0 Å². The number of ether oxygens (including phenoxy) is 1. The Morgan fingerprint density at radius 1 is 0.893 bits per heavy atom. The highest BCUT2D eigenvalue weighted by molar-refractivity contribution is 5.87. The summed E-state index contributed by atoms with van der Waals surface area (Å²) in [7, 11) is 0. The van der Waals surface area contributed by atoms with E-state index in [2.05, 4.69) is 37.4 Å². The van der Waals surface area contributed by atoms with Gasteiger partial charge in [-0.05, 0) is 68.4 Å². The number of rotatable bonds is 10. The lowest BCUT2D eigenvalue weighted by Gasteiger charge is -2.14. The third kappa shape index (κ3) is 7.03. The summed E-state index contributed by atoms with van der Waals surface area (Å²) in [6, 6.07) is 12.2. The Balaban J connectivity index is 2.09. The van der Waals surface area contributed by atoms with Crippen LogP contribution < -0.4 is 10.1 Å². The molecule has 0 aliphatic rings. The fourth-order valence-corrected chi connectivity index (χ4v) is 3.42. The highest BCUT2D eigenvalue weighted by atomic mass is 16.6. The van der Waals surface area contributed by atoms with Crippen molar-refractivity contribution < 1.29 is 9.53 Å². The maximum absolute atomic E-state index is 12.5. The lowest BCUT2D eigenvalue weighted by atomic mass is 10.0. The molecular weight excluding hydrogens is 346 g/mol. The molecule has 2 rings (SSSR count). The zero-order valence-corrected chi connectivity index (χ0v) is 17.9. The maximum Gasteiger partial charge on any atom is 0.417 e. The molecule has 3 nitrogen and oxygen atoms in total. The van der Waals surface area contributed by atoms with Gasteiger partial charge in [-0.15, -0.1) is 0 Å². The second-order valence-corrected chi connectivity index (χ2v) is 7.69. The number of hydrogen-bond acceptors (Lipinski definition) is 2. The average Bonchev–Trinajstić information content (AvgIpc) is 2.66. The van der Waals surface area contributed by atoms with E-state index in [9.17, 15) is 4.79 Å². The van der Waals surface area contributed by atoms with Gasteiger partial charge in [0, 0.05) is 5.69 Å². The van der Waals surface area contributed by atoms with E-state index in [1.54, 1.807) is 0 Å². The van der Waals surface area contributed by atoms with Gasteiger partial charge in [0.1, 0.15) is 5.75 Å². The molecule has 0 radical (unpaired) electrons. The second kappa shape index (κ2) is 11.5. The van der Waals surface area contributed by atoms with Gasteiger partial charge in [-0.3, -0.25) is 5.32 Å². The number of nitrogens with one attached hydrogen (secondary N) is 1. The first kappa shape index (κ1) is 22.0. The molecule has 3 heteroatoms. The first-order valence-electron chi connectivity index (χ1n) is 10.7. The average molecular weight is 382 g/mol. The minimum atomic E-state index is -0.428. The third-order valence-electron chi connectivity index (χ3n) is 5.06. The number of amides is 1. The lowest BCUT2D eigenvalue weighted by molar-refractivity contribution is 0.214. The van der Waals surface area contributed by atoms with E-state index in [1.165, 1.54) is 43.2 Å². The highest BCUT2D eigenvalue weighted by Crippen LogP contribution is 2.25. The zero-order valence-electron chi connectivity index (χ0n) is 17.9. The minimum absolute atomic E-state index is 0.428. The number of aryl methyl sites for hydroxylation is 4. The summed E-state index contributed by atoms with van der Waals surface area (Å²) in [5.41, 5.74) is 5.47. The van der Waals surface area contributed by atoms with Gasteiger partial charge in [-0.1, -0.05) is 69.4 Å². The van der Waals surface area contributed by atoms with E-state index in [1.807, 2.05) is 32.0 Å². The Morgan fingerprint density at radius 2 is 1.61 bits per heavy atom. The molecule has 152 valence electrons. The van der Waals surface area contributed by atoms with Crippen molar-refractivity contribution in [3.63, 3.8) is 0 Å². The molecule has 0 spiro atoms. The van der Waals surface area contributed by atoms with Crippen LogP contribution in [0.1, 0.15) is 74.6 Å². The van der Waals surface area contributed by atoms with E-state index in [4.69, 9.17) is 4.74 Å². The third-order valence-corrected chi connectivity index (χ3v) is 5.06. The number of benzene rings is 2.